The molecule has 2 saturated heterocycles. The zero-order chi connectivity index (χ0) is 22.6. The van der Waals surface area contributed by atoms with Crippen molar-refractivity contribution < 1.29 is 28.6 Å². The maximum Gasteiger partial charge on any atom is 0.250 e. The minimum absolute atomic E-state index is 0.0841. The van der Waals surface area contributed by atoms with Crippen molar-refractivity contribution in [2.75, 3.05) is 25.6 Å². The highest BCUT2D eigenvalue weighted by atomic mass is 19.1. The van der Waals surface area contributed by atoms with E-state index in [1.807, 2.05) is 0 Å². The molecular formula is C23H22FN3O5. The van der Waals surface area contributed by atoms with Crippen LogP contribution in [-0.2, 0) is 31.1 Å². The summed E-state index contributed by atoms with van der Waals surface area (Å²) in [7, 11) is 1.48. The van der Waals surface area contributed by atoms with Gasteiger partial charge in [0.05, 0.1) is 25.0 Å². The summed E-state index contributed by atoms with van der Waals surface area (Å²) in [4.78, 5) is 41.2. The quantitative estimate of drug-likeness (QED) is 0.603. The third-order valence-electron chi connectivity index (χ3n) is 6.68. The van der Waals surface area contributed by atoms with E-state index in [-0.39, 0.29) is 24.8 Å². The number of methoxy groups -OCH3 is 1. The number of carbonyl (C=O) groups excluding carboxylic acids is 3. The first-order valence-electron chi connectivity index (χ1n) is 10.4. The van der Waals surface area contributed by atoms with Crippen molar-refractivity contribution in [2.45, 2.75) is 18.0 Å². The zero-order valence-electron chi connectivity index (χ0n) is 17.3. The molecule has 3 aliphatic heterocycles. The van der Waals surface area contributed by atoms with E-state index in [2.05, 4.69) is 10.6 Å². The summed E-state index contributed by atoms with van der Waals surface area (Å²) in [6.07, 6.45) is 0.345. The van der Waals surface area contributed by atoms with Gasteiger partial charge in [-0.3, -0.25) is 24.6 Å². The molecule has 9 heteroatoms. The fourth-order valence-corrected chi connectivity index (χ4v) is 5.30. The van der Waals surface area contributed by atoms with Gasteiger partial charge in [-0.1, -0.05) is 12.1 Å². The monoisotopic (exact) mass is 439 g/mol. The van der Waals surface area contributed by atoms with Gasteiger partial charge in [0.1, 0.15) is 17.1 Å². The van der Waals surface area contributed by atoms with Gasteiger partial charge in [-0.25, -0.2) is 4.39 Å². The lowest BCUT2D eigenvalue weighted by Crippen LogP contribution is -2.53. The van der Waals surface area contributed by atoms with Crippen LogP contribution in [0.2, 0.25) is 0 Å². The lowest BCUT2D eigenvalue weighted by Gasteiger charge is -2.29. The molecule has 2 aromatic carbocycles. The summed E-state index contributed by atoms with van der Waals surface area (Å²) in [5.74, 6) is -3.54. The molecule has 32 heavy (non-hydrogen) atoms. The number of amides is 3. The Balaban J connectivity index is 1.61. The van der Waals surface area contributed by atoms with E-state index in [9.17, 15) is 23.9 Å². The molecule has 3 N–H and O–H groups in total. The first-order valence-corrected chi connectivity index (χ1v) is 10.4. The number of nitrogens with one attached hydrogen (secondary N) is 2. The number of ether oxygens (including phenoxy) is 1. The van der Waals surface area contributed by atoms with E-state index in [4.69, 9.17) is 4.74 Å². The van der Waals surface area contributed by atoms with Gasteiger partial charge in [0, 0.05) is 24.4 Å². The molecule has 0 saturated carbocycles. The number of hydrogen-bond donors (Lipinski definition) is 3. The molecule has 8 nitrogen and oxygen atoms in total. The van der Waals surface area contributed by atoms with Gasteiger partial charge in [0.15, 0.2) is 0 Å². The van der Waals surface area contributed by atoms with E-state index in [0.29, 0.717) is 17.7 Å². The molecule has 0 aromatic heterocycles. The van der Waals surface area contributed by atoms with E-state index < -0.39 is 41.0 Å². The summed E-state index contributed by atoms with van der Waals surface area (Å²) >= 11 is 0. The smallest absolute Gasteiger partial charge is 0.250 e. The molecule has 1 spiro atoms. The average Bonchev–Trinajstić information content (AvgIpc) is 3.34. The number of nitrogens with zero attached hydrogens (tertiary/aromatic N) is 1. The number of benzene rings is 2. The predicted octanol–water partition coefficient (Wildman–Crippen LogP) is 1.14. The largest absolute Gasteiger partial charge is 0.508 e. The molecule has 166 valence electrons. The topological polar surface area (TPSA) is 108 Å². The van der Waals surface area contributed by atoms with Crippen LogP contribution in [0.1, 0.15) is 11.1 Å². The summed E-state index contributed by atoms with van der Waals surface area (Å²) in [6.45, 7) is 0.262. The molecule has 5 rings (SSSR count). The molecular weight excluding hydrogens is 417 g/mol. The van der Waals surface area contributed by atoms with Crippen LogP contribution in [0, 0.1) is 17.7 Å². The van der Waals surface area contributed by atoms with E-state index in [1.54, 1.807) is 12.1 Å². The Morgan fingerprint density at radius 2 is 1.88 bits per heavy atom. The molecule has 3 aliphatic rings. The van der Waals surface area contributed by atoms with Gasteiger partial charge in [-0.2, -0.15) is 0 Å². The van der Waals surface area contributed by atoms with Crippen molar-refractivity contribution >= 4 is 23.4 Å². The summed E-state index contributed by atoms with van der Waals surface area (Å²) in [5.41, 5.74) is 0.0339. The standard InChI is InChI=1S/C23H22FN3O5/c1-32-9-8-27-20(29)18-17(10-12-2-5-14(28)6-3-12)26-23(19(18)21(27)30)15-11-13(24)4-7-16(15)25-22(23)31/h2-7,11,17-19,26,28H,8-10H2,1H3,(H,25,31). The predicted molar refractivity (Wildman–Crippen MR) is 111 cm³/mol. The number of imide groups is 1. The summed E-state index contributed by atoms with van der Waals surface area (Å²) in [6, 6.07) is 9.93. The minimum atomic E-state index is -1.54. The number of likely N-dealkylation sites (tertiary alicyclic amines) is 1. The zero-order valence-corrected chi connectivity index (χ0v) is 17.3. The van der Waals surface area contributed by atoms with Crippen LogP contribution in [0.4, 0.5) is 10.1 Å². The van der Waals surface area contributed by atoms with Crippen LogP contribution in [0.15, 0.2) is 42.5 Å². The molecule has 2 aromatic rings. The highest BCUT2D eigenvalue weighted by Gasteiger charge is 2.70. The third kappa shape index (κ3) is 2.85. The maximum absolute atomic E-state index is 14.2. The molecule has 3 amide bonds. The van der Waals surface area contributed by atoms with Gasteiger partial charge in [-0.15, -0.1) is 0 Å². The molecule has 0 radical (unpaired) electrons. The van der Waals surface area contributed by atoms with Crippen LogP contribution in [0.5, 0.6) is 5.75 Å². The van der Waals surface area contributed by atoms with Gasteiger partial charge in [0.2, 0.25) is 17.7 Å². The van der Waals surface area contributed by atoms with Crippen molar-refractivity contribution in [3.63, 3.8) is 0 Å². The highest BCUT2D eigenvalue weighted by Crippen LogP contribution is 2.53. The van der Waals surface area contributed by atoms with Gasteiger partial charge < -0.3 is 15.2 Å². The summed E-state index contributed by atoms with van der Waals surface area (Å²) < 4.78 is 19.3. The fraction of sp³-hybridized carbons (Fsp3) is 0.348. The Morgan fingerprint density at radius 3 is 2.59 bits per heavy atom. The highest BCUT2D eigenvalue weighted by molar-refractivity contribution is 6.15. The molecule has 2 fully saturated rings. The van der Waals surface area contributed by atoms with Gasteiger partial charge in [-0.05, 0) is 42.3 Å². The fourth-order valence-electron chi connectivity index (χ4n) is 5.30. The number of phenolic OH excluding ortho intramolecular Hbond substituents is 1. The van der Waals surface area contributed by atoms with E-state index in [0.717, 1.165) is 10.5 Å². The van der Waals surface area contributed by atoms with Crippen molar-refractivity contribution in [2.24, 2.45) is 11.8 Å². The molecule has 4 atom stereocenters. The number of phenols is 1. The van der Waals surface area contributed by atoms with Crippen LogP contribution in [0.25, 0.3) is 0 Å². The second-order valence-electron chi connectivity index (χ2n) is 8.40. The van der Waals surface area contributed by atoms with Gasteiger partial charge in [0.25, 0.3) is 0 Å². The Morgan fingerprint density at radius 1 is 1.12 bits per heavy atom. The van der Waals surface area contributed by atoms with E-state index in [1.165, 1.54) is 37.4 Å². The Hall–Kier alpha value is -3.30. The first kappa shape index (κ1) is 20.6. The van der Waals surface area contributed by atoms with Crippen LogP contribution in [0.3, 0.4) is 0 Å². The Kier molecular flexibility index (Phi) is 4.75. The maximum atomic E-state index is 14.2. The number of carbonyl (C=O) groups is 3. The Labute approximate surface area is 183 Å². The first-order chi connectivity index (χ1) is 15.4. The molecule has 0 aliphatic carbocycles. The second-order valence-corrected chi connectivity index (χ2v) is 8.40. The third-order valence-corrected chi connectivity index (χ3v) is 6.68. The number of aromatic hydroxyl groups is 1. The lowest BCUT2D eigenvalue weighted by atomic mass is 9.76. The van der Waals surface area contributed by atoms with Crippen molar-refractivity contribution in [3.8, 4) is 5.75 Å². The van der Waals surface area contributed by atoms with Crippen LogP contribution < -0.4 is 10.6 Å². The van der Waals surface area contributed by atoms with Crippen molar-refractivity contribution in [1.82, 2.24) is 10.2 Å². The minimum Gasteiger partial charge on any atom is -0.508 e. The number of anilines is 1. The van der Waals surface area contributed by atoms with Crippen LogP contribution >= 0.6 is 0 Å². The SMILES string of the molecule is COCCN1C(=O)C2C(Cc3ccc(O)cc3)NC3(C(=O)Nc4ccc(F)cc43)C2C1=O. The Bertz CT molecular complexity index is 1120. The number of fused-ring (bicyclic) bond motifs is 4. The van der Waals surface area contributed by atoms with Crippen molar-refractivity contribution in [3.05, 3.63) is 59.4 Å². The lowest BCUT2D eigenvalue weighted by molar-refractivity contribution is -0.143. The second kappa shape index (κ2) is 7.39. The van der Waals surface area contributed by atoms with E-state index >= 15 is 0 Å². The normalized spacial score (nSPS) is 28.4. The molecule has 4 unspecified atom stereocenters. The molecule has 3 heterocycles. The average molecular weight is 439 g/mol. The number of halogens is 1. The van der Waals surface area contributed by atoms with Crippen molar-refractivity contribution in [1.29, 1.82) is 0 Å². The molecule has 0 bridgehead atoms. The van der Waals surface area contributed by atoms with Crippen LogP contribution in [-0.4, -0.2) is 54.0 Å². The van der Waals surface area contributed by atoms with Gasteiger partial charge >= 0.3 is 0 Å². The number of hydrogen-bond acceptors (Lipinski definition) is 6. The number of rotatable bonds is 5. The summed E-state index contributed by atoms with van der Waals surface area (Å²) in [5, 5.41) is 15.6.